The normalized spacial score (nSPS) is 10.9. The van der Waals surface area contributed by atoms with E-state index in [4.69, 9.17) is 28.1 Å². The molecule has 0 aliphatic heterocycles. The number of methoxy groups -OCH3 is 5. The zero-order valence-electron chi connectivity index (χ0n) is 17.8. The van der Waals surface area contributed by atoms with Gasteiger partial charge in [0.2, 0.25) is 0 Å². The largest absolute Gasteiger partial charge is 0.496 e. The maximum Gasteiger partial charge on any atom is 0.345 e. The predicted octanol–water partition coefficient (Wildman–Crippen LogP) is 3.78. The van der Waals surface area contributed by atoms with Gasteiger partial charge in [-0.05, 0) is 23.8 Å². The van der Waals surface area contributed by atoms with Crippen LogP contribution in [0.15, 0.2) is 39.5 Å². The van der Waals surface area contributed by atoms with Gasteiger partial charge in [0.15, 0.2) is 22.7 Å². The Morgan fingerprint density at radius 2 is 1.55 bits per heavy atom. The Morgan fingerprint density at radius 1 is 0.839 bits per heavy atom. The van der Waals surface area contributed by atoms with Crippen molar-refractivity contribution in [3.05, 3.63) is 57.4 Å². The molecule has 3 rings (SSSR count). The minimum absolute atomic E-state index is 0.0147. The van der Waals surface area contributed by atoms with Crippen LogP contribution in [0.2, 0.25) is 0 Å². The summed E-state index contributed by atoms with van der Waals surface area (Å²) in [5.74, 6) is 1.01. The predicted molar refractivity (Wildman–Crippen MR) is 115 cm³/mol. The van der Waals surface area contributed by atoms with Crippen LogP contribution in [0, 0.1) is 0 Å². The number of fused-ring (bicyclic) bond motifs is 1. The molecule has 0 spiro atoms. The molecule has 0 radical (unpaired) electrons. The van der Waals surface area contributed by atoms with E-state index >= 15 is 0 Å². The fourth-order valence-corrected chi connectivity index (χ4v) is 3.16. The van der Waals surface area contributed by atoms with Gasteiger partial charge in [-0.15, -0.1) is 0 Å². The van der Waals surface area contributed by atoms with E-state index < -0.39 is 5.97 Å². The van der Waals surface area contributed by atoms with Crippen molar-refractivity contribution in [3.8, 4) is 23.0 Å². The van der Waals surface area contributed by atoms with Crippen molar-refractivity contribution in [1.29, 1.82) is 0 Å². The van der Waals surface area contributed by atoms with E-state index in [9.17, 15) is 9.59 Å². The van der Waals surface area contributed by atoms with E-state index in [-0.39, 0.29) is 33.5 Å². The van der Waals surface area contributed by atoms with Crippen molar-refractivity contribution in [3.63, 3.8) is 0 Å². The number of hydrogen-bond donors (Lipinski definition) is 0. The second-order valence-corrected chi connectivity index (χ2v) is 6.31. The van der Waals surface area contributed by atoms with Crippen molar-refractivity contribution in [2.45, 2.75) is 0 Å². The van der Waals surface area contributed by atoms with Crippen LogP contribution in [0.4, 0.5) is 0 Å². The molecule has 0 aliphatic carbocycles. The zero-order valence-corrected chi connectivity index (χ0v) is 17.8. The highest BCUT2D eigenvalue weighted by molar-refractivity contribution is 6.03. The third kappa shape index (κ3) is 4.18. The lowest BCUT2D eigenvalue weighted by Crippen LogP contribution is -2.11. The lowest BCUT2D eigenvalue weighted by molar-refractivity contribution is 0.0593. The van der Waals surface area contributed by atoms with Gasteiger partial charge in [-0.3, -0.25) is 4.79 Å². The lowest BCUT2D eigenvalue weighted by atomic mass is 10.1. The van der Waals surface area contributed by atoms with E-state index in [0.29, 0.717) is 17.3 Å². The van der Waals surface area contributed by atoms with E-state index in [1.165, 1.54) is 33.5 Å². The number of benzene rings is 2. The van der Waals surface area contributed by atoms with Gasteiger partial charge in [0.25, 0.3) is 0 Å². The van der Waals surface area contributed by atoms with Gasteiger partial charge < -0.3 is 28.1 Å². The second kappa shape index (κ2) is 9.25. The van der Waals surface area contributed by atoms with Crippen LogP contribution in [0.3, 0.4) is 0 Å². The molecule has 31 heavy (non-hydrogen) atoms. The van der Waals surface area contributed by atoms with Gasteiger partial charge in [-0.25, -0.2) is 4.79 Å². The number of carbonyl (C=O) groups excluding carboxylic acids is 1. The lowest BCUT2D eigenvalue weighted by Gasteiger charge is -2.13. The molecule has 0 aliphatic rings. The van der Waals surface area contributed by atoms with Crippen molar-refractivity contribution >= 4 is 29.1 Å². The number of esters is 1. The summed E-state index contributed by atoms with van der Waals surface area (Å²) in [6, 6.07) is 8.18. The topological polar surface area (TPSA) is 93.4 Å². The van der Waals surface area contributed by atoms with E-state index in [1.807, 2.05) is 6.07 Å². The highest BCUT2D eigenvalue weighted by atomic mass is 16.5. The van der Waals surface area contributed by atoms with Gasteiger partial charge in [-0.1, -0.05) is 12.1 Å². The number of ether oxygens (including phenoxy) is 5. The quantitative estimate of drug-likeness (QED) is 0.527. The van der Waals surface area contributed by atoms with Crippen LogP contribution in [-0.4, -0.2) is 41.5 Å². The van der Waals surface area contributed by atoms with Crippen molar-refractivity contribution in [2.75, 3.05) is 35.5 Å². The first-order valence-corrected chi connectivity index (χ1v) is 9.18. The molecule has 0 bridgehead atoms. The molecule has 0 fully saturated rings. The Kier molecular flexibility index (Phi) is 6.49. The highest BCUT2D eigenvalue weighted by Gasteiger charge is 2.25. The molecular formula is C23H22O8. The third-order valence-corrected chi connectivity index (χ3v) is 4.62. The fraction of sp³-hybridized carbons (Fsp3) is 0.217. The van der Waals surface area contributed by atoms with Gasteiger partial charge >= 0.3 is 5.97 Å². The van der Waals surface area contributed by atoms with Crippen LogP contribution in [-0.2, 0) is 4.74 Å². The van der Waals surface area contributed by atoms with E-state index in [2.05, 4.69) is 0 Å². The molecule has 1 heterocycles. The zero-order chi connectivity index (χ0) is 22.5. The number of hydrogen-bond acceptors (Lipinski definition) is 8. The first kappa shape index (κ1) is 21.8. The molecule has 2 aromatic carbocycles. The summed E-state index contributed by atoms with van der Waals surface area (Å²) in [7, 11) is 7.09. The van der Waals surface area contributed by atoms with Crippen molar-refractivity contribution < 1.29 is 32.9 Å². The maximum atomic E-state index is 12.8. The van der Waals surface area contributed by atoms with Crippen LogP contribution < -0.4 is 24.4 Å². The summed E-state index contributed by atoms with van der Waals surface area (Å²) in [6.07, 6.45) is 3.42. The smallest absolute Gasteiger partial charge is 0.345 e. The molecule has 0 atom stereocenters. The maximum absolute atomic E-state index is 12.8. The Balaban J connectivity index is 2.11. The SMILES string of the molecule is COC(=O)c1c(OC)cc2oc(/C=C/c3ccc(OC)c(OC)c3)cc(=O)c2c1OC. The third-order valence-electron chi connectivity index (χ3n) is 4.62. The standard InChI is InChI=1S/C23H22O8/c1-26-16-9-7-13(10-17(16)27-2)6-8-14-11-15(24)20-19(31-14)12-18(28-3)21(22(20)29-4)23(25)30-5/h6-12H,1-5H3/b8-6+. The van der Waals surface area contributed by atoms with Gasteiger partial charge in [-0.2, -0.15) is 0 Å². The summed E-state index contributed by atoms with van der Waals surface area (Å²) in [6.45, 7) is 0. The monoisotopic (exact) mass is 426 g/mol. The molecule has 3 aromatic rings. The average Bonchev–Trinajstić information content (AvgIpc) is 2.80. The van der Waals surface area contributed by atoms with Crippen molar-refractivity contribution in [2.24, 2.45) is 0 Å². The Hall–Kier alpha value is -3.94. The molecule has 0 saturated heterocycles. The Bertz CT molecular complexity index is 1210. The minimum atomic E-state index is -0.688. The summed E-state index contributed by atoms with van der Waals surface area (Å²) >= 11 is 0. The number of carbonyl (C=O) groups is 1. The molecule has 162 valence electrons. The first-order chi connectivity index (χ1) is 15.0. The average molecular weight is 426 g/mol. The highest BCUT2D eigenvalue weighted by Crippen LogP contribution is 2.36. The summed E-state index contributed by atoms with van der Waals surface area (Å²) < 4.78 is 31.8. The molecular weight excluding hydrogens is 404 g/mol. The van der Waals surface area contributed by atoms with E-state index in [0.717, 1.165) is 5.56 Å². The first-order valence-electron chi connectivity index (χ1n) is 9.18. The van der Waals surface area contributed by atoms with Crippen LogP contribution in [0.1, 0.15) is 21.7 Å². The van der Waals surface area contributed by atoms with Gasteiger partial charge in [0.05, 0.1) is 35.5 Å². The minimum Gasteiger partial charge on any atom is -0.496 e. The van der Waals surface area contributed by atoms with E-state index in [1.54, 1.807) is 38.5 Å². The molecule has 8 nitrogen and oxygen atoms in total. The summed E-state index contributed by atoms with van der Waals surface area (Å²) in [5.41, 5.74) is 0.663. The fourth-order valence-electron chi connectivity index (χ4n) is 3.16. The van der Waals surface area contributed by atoms with Crippen LogP contribution >= 0.6 is 0 Å². The Morgan fingerprint density at radius 3 is 2.16 bits per heavy atom. The molecule has 8 heteroatoms. The molecule has 0 N–H and O–H groups in total. The summed E-state index contributed by atoms with van der Waals surface area (Å²) in [4.78, 5) is 25.0. The molecule has 0 saturated carbocycles. The van der Waals surface area contributed by atoms with Gasteiger partial charge in [0.1, 0.15) is 28.0 Å². The van der Waals surface area contributed by atoms with Crippen LogP contribution in [0.25, 0.3) is 23.1 Å². The molecule has 0 unspecified atom stereocenters. The second-order valence-electron chi connectivity index (χ2n) is 6.31. The Labute approximate surface area is 178 Å². The molecule has 0 amide bonds. The van der Waals surface area contributed by atoms with Crippen LogP contribution in [0.5, 0.6) is 23.0 Å². The molecule has 1 aromatic heterocycles. The van der Waals surface area contributed by atoms with Crippen molar-refractivity contribution in [1.82, 2.24) is 0 Å². The van der Waals surface area contributed by atoms with Gasteiger partial charge in [0, 0.05) is 12.1 Å². The number of rotatable bonds is 7. The summed E-state index contributed by atoms with van der Waals surface area (Å²) in [5, 5.41) is 0.118.